The SMILES string of the molecule is Cc1ccc(-c2cc3cc[nH]c(=O)c3c(Nc3cnn(CCN4CCOCC4)c3)n2)cn1. The molecule has 5 heterocycles. The number of anilines is 2. The van der Waals surface area contributed by atoms with E-state index in [0.29, 0.717) is 11.2 Å². The van der Waals surface area contributed by atoms with Crippen LogP contribution in [0.15, 0.2) is 53.8 Å². The second-order valence-electron chi connectivity index (χ2n) is 7.89. The lowest BCUT2D eigenvalue weighted by Gasteiger charge is -2.26. The van der Waals surface area contributed by atoms with Gasteiger partial charge in [0.2, 0.25) is 0 Å². The molecule has 0 aromatic carbocycles. The van der Waals surface area contributed by atoms with Crippen LogP contribution in [0.4, 0.5) is 11.5 Å². The van der Waals surface area contributed by atoms with Crippen LogP contribution in [-0.4, -0.2) is 62.5 Å². The number of ether oxygens (including phenoxy) is 1. The van der Waals surface area contributed by atoms with Gasteiger partial charge in [-0.3, -0.25) is 19.4 Å². The Bertz CT molecular complexity index is 1270. The normalized spacial score (nSPS) is 14.7. The highest BCUT2D eigenvalue weighted by atomic mass is 16.5. The minimum absolute atomic E-state index is 0.189. The Labute approximate surface area is 185 Å². The van der Waals surface area contributed by atoms with Gasteiger partial charge >= 0.3 is 0 Å². The van der Waals surface area contributed by atoms with E-state index in [9.17, 15) is 4.79 Å². The number of morpholine rings is 1. The van der Waals surface area contributed by atoms with Crippen molar-refractivity contribution in [2.24, 2.45) is 0 Å². The molecule has 5 rings (SSSR count). The van der Waals surface area contributed by atoms with Gasteiger partial charge in [0, 0.05) is 49.5 Å². The Hall–Kier alpha value is -3.56. The Morgan fingerprint density at radius 2 is 2.03 bits per heavy atom. The molecule has 1 aliphatic heterocycles. The van der Waals surface area contributed by atoms with Crippen molar-refractivity contribution in [2.75, 3.05) is 38.2 Å². The van der Waals surface area contributed by atoms with Gasteiger partial charge in [-0.1, -0.05) is 0 Å². The number of aromatic nitrogens is 5. The van der Waals surface area contributed by atoms with Gasteiger partial charge in [-0.05, 0) is 36.6 Å². The summed E-state index contributed by atoms with van der Waals surface area (Å²) >= 11 is 0. The molecule has 9 nitrogen and oxygen atoms in total. The second kappa shape index (κ2) is 8.89. The highest BCUT2D eigenvalue weighted by Gasteiger charge is 2.13. The van der Waals surface area contributed by atoms with Gasteiger partial charge in [-0.25, -0.2) is 4.98 Å². The predicted octanol–water partition coefficient (Wildman–Crippen LogP) is 2.57. The van der Waals surface area contributed by atoms with Crippen LogP contribution < -0.4 is 10.9 Å². The molecule has 0 radical (unpaired) electrons. The fourth-order valence-corrected chi connectivity index (χ4v) is 3.83. The first-order chi connectivity index (χ1) is 15.7. The first kappa shape index (κ1) is 20.3. The van der Waals surface area contributed by atoms with E-state index >= 15 is 0 Å². The zero-order chi connectivity index (χ0) is 21.9. The third kappa shape index (κ3) is 4.39. The molecule has 32 heavy (non-hydrogen) atoms. The summed E-state index contributed by atoms with van der Waals surface area (Å²) in [6.07, 6.45) is 7.13. The van der Waals surface area contributed by atoms with Gasteiger partial charge in [0.15, 0.2) is 0 Å². The third-order valence-corrected chi connectivity index (χ3v) is 5.61. The van der Waals surface area contributed by atoms with Gasteiger partial charge in [0.05, 0.1) is 42.7 Å². The summed E-state index contributed by atoms with van der Waals surface area (Å²) in [5.41, 5.74) is 3.17. The van der Waals surface area contributed by atoms with Crippen LogP contribution in [-0.2, 0) is 11.3 Å². The van der Waals surface area contributed by atoms with Crippen LogP contribution in [0.5, 0.6) is 0 Å². The summed E-state index contributed by atoms with van der Waals surface area (Å²) < 4.78 is 7.30. The van der Waals surface area contributed by atoms with E-state index in [1.807, 2.05) is 42.1 Å². The Kier molecular flexibility index (Phi) is 5.66. The summed E-state index contributed by atoms with van der Waals surface area (Å²) in [6.45, 7) is 7.11. The maximum atomic E-state index is 12.6. The van der Waals surface area contributed by atoms with Gasteiger partial charge in [0.25, 0.3) is 5.56 Å². The quantitative estimate of drug-likeness (QED) is 0.484. The number of nitrogens with zero attached hydrogens (tertiary/aromatic N) is 5. The number of aryl methyl sites for hydroxylation is 1. The third-order valence-electron chi connectivity index (χ3n) is 5.61. The molecular weight excluding hydrogens is 406 g/mol. The monoisotopic (exact) mass is 431 g/mol. The van der Waals surface area contributed by atoms with Crippen molar-refractivity contribution >= 4 is 22.3 Å². The molecule has 0 bridgehead atoms. The molecule has 0 saturated carbocycles. The van der Waals surface area contributed by atoms with Crippen LogP contribution in [0.2, 0.25) is 0 Å². The molecule has 0 amide bonds. The molecule has 9 heteroatoms. The van der Waals surface area contributed by atoms with Crippen molar-refractivity contribution < 1.29 is 4.74 Å². The predicted molar refractivity (Wildman–Crippen MR) is 123 cm³/mol. The topological polar surface area (TPSA) is 101 Å². The fourth-order valence-electron chi connectivity index (χ4n) is 3.83. The first-order valence-corrected chi connectivity index (χ1v) is 10.7. The van der Waals surface area contributed by atoms with E-state index in [1.54, 1.807) is 18.6 Å². The van der Waals surface area contributed by atoms with Crippen molar-refractivity contribution in [3.05, 3.63) is 65.1 Å². The molecular formula is C23H25N7O2. The van der Waals surface area contributed by atoms with Crippen molar-refractivity contribution in [2.45, 2.75) is 13.5 Å². The summed E-state index contributed by atoms with van der Waals surface area (Å²) in [6, 6.07) is 7.72. The number of pyridine rings is 3. The average molecular weight is 432 g/mol. The minimum Gasteiger partial charge on any atom is -0.379 e. The number of fused-ring (bicyclic) bond motifs is 1. The van der Waals surface area contributed by atoms with E-state index in [0.717, 1.165) is 67.4 Å². The Balaban J connectivity index is 1.42. The largest absolute Gasteiger partial charge is 0.379 e. The molecule has 4 aromatic heterocycles. The van der Waals surface area contributed by atoms with Gasteiger partial charge < -0.3 is 15.0 Å². The maximum absolute atomic E-state index is 12.6. The van der Waals surface area contributed by atoms with E-state index < -0.39 is 0 Å². The number of hydrogen-bond acceptors (Lipinski definition) is 7. The lowest BCUT2D eigenvalue weighted by Crippen LogP contribution is -2.38. The van der Waals surface area contributed by atoms with E-state index in [-0.39, 0.29) is 5.56 Å². The number of H-pyrrole nitrogens is 1. The molecule has 2 N–H and O–H groups in total. The van der Waals surface area contributed by atoms with Crippen molar-refractivity contribution in [3.63, 3.8) is 0 Å². The smallest absolute Gasteiger partial charge is 0.259 e. The fraction of sp³-hybridized carbons (Fsp3) is 0.304. The van der Waals surface area contributed by atoms with Crippen LogP contribution in [0.25, 0.3) is 22.0 Å². The zero-order valence-corrected chi connectivity index (χ0v) is 17.9. The highest BCUT2D eigenvalue weighted by Crippen LogP contribution is 2.27. The van der Waals surface area contributed by atoms with Crippen LogP contribution >= 0.6 is 0 Å². The molecule has 1 aliphatic rings. The minimum atomic E-state index is -0.189. The molecule has 4 aromatic rings. The molecule has 164 valence electrons. The van der Waals surface area contributed by atoms with Crippen LogP contribution in [0, 0.1) is 6.92 Å². The molecule has 0 spiro atoms. The first-order valence-electron chi connectivity index (χ1n) is 10.7. The summed E-state index contributed by atoms with van der Waals surface area (Å²) in [5, 5.41) is 9.08. The Morgan fingerprint density at radius 1 is 1.16 bits per heavy atom. The van der Waals surface area contributed by atoms with Gasteiger partial charge in [-0.15, -0.1) is 0 Å². The molecule has 0 unspecified atom stereocenters. The van der Waals surface area contributed by atoms with Gasteiger partial charge in [-0.2, -0.15) is 5.10 Å². The number of aromatic amines is 1. The number of rotatable bonds is 6. The van der Waals surface area contributed by atoms with E-state index in [2.05, 4.69) is 25.3 Å². The molecule has 0 aliphatic carbocycles. The van der Waals surface area contributed by atoms with Crippen molar-refractivity contribution in [1.29, 1.82) is 0 Å². The number of hydrogen-bond donors (Lipinski definition) is 2. The van der Waals surface area contributed by atoms with Crippen molar-refractivity contribution in [1.82, 2.24) is 29.6 Å². The van der Waals surface area contributed by atoms with Gasteiger partial charge in [0.1, 0.15) is 5.82 Å². The standard InChI is InChI=1S/C23H25N7O2/c1-16-2-3-18(13-25-16)20-12-17-4-5-24-23(31)21(17)22(28-20)27-19-14-26-30(15-19)7-6-29-8-10-32-11-9-29/h2-5,12-15H,6-11H2,1H3,(H,24,31)(H,27,28). The number of nitrogens with one attached hydrogen (secondary N) is 2. The van der Waals surface area contributed by atoms with E-state index in [4.69, 9.17) is 9.72 Å². The zero-order valence-electron chi connectivity index (χ0n) is 17.9. The molecule has 1 saturated heterocycles. The maximum Gasteiger partial charge on any atom is 0.259 e. The van der Waals surface area contributed by atoms with Crippen molar-refractivity contribution in [3.8, 4) is 11.3 Å². The summed E-state index contributed by atoms with van der Waals surface area (Å²) in [7, 11) is 0. The average Bonchev–Trinajstić information content (AvgIpc) is 3.26. The molecule has 1 fully saturated rings. The lowest BCUT2D eigenvalue weighted by molar-refractivity contribution is 0.0360. The lowest BCUT2D eigenvalue weighted by atomic mass is 10.1. The highest BCUT2D eigenvalue weighted by molar-refractivity contribution is 5.95. The summed E-state index contributed by atoms with van der Waals surface area (Å²) in [5.74, 6) is 0.493. The van der Waals surface area contributed by atoms with E-state index in [1.165, 1.54) is 0 Å². The second-order valence-corrected chi connectivity index (χ2v) is 7.89. The van der Waals surface area contributed by atoms with Crippen LogP contribution in [0.3, 0.4) is 0 Å². The van der Waals surface area contributed by atoms with Crippen LogP contribution in [0.1, 0.15) is 5.69 Å². The Morgan fingerprint density at radius 3 is 2.84 bits per heavy atom. The molecule has 0 atom stereocenters. The summed E-state index contributed by atoms with van der Waals surface area (Å²) in [4.78, 5) is 26.8.